The molecule has 6 rings (SSSR count). The van der Waals surface area contributed by atoms with Crippen molar-refractivity contribution in [3.05, 3.63) is 11.1 Å². The molecule has 1 heterocycles. The third-order valence-corrected chi connectivity index (χ3v) is 7.45. The topological polar surface area (TPSA) is 12.0 Å². The van der Waals surface area contributed by atoms with Gasteiger partial charge in [0.05, 0.1) is 0 Å². The van der Waals surface area contributed by atoms with Gasteiger partial charge in [-0.2, -0.15) is 0 Å². The molecule has 1 atom stereocenters. The van der Waals surface area contributed by atoms with E-state index in [9.17, 15) is 0 Å². The van der Waals surface area contributed by atoms with Crippen LogP contribution in [0, 0.1) is 23.2 Å². The molecular weight excluding hydrogens is 242 g/mol. The summed E-state index contributed by atoms with van der Waals surface area (Å²) in [5, 5.41) is 4.02. The van der Waals surface area contributed by atoms with E-state index in [1.807, 2.05) is 11.1 Å². The maximum absolute atomic E-state index is 4.02. The van der Waals surface area contributed by atoms with Gasteiger partial charge in [-0.05, 0) is 100 Å². The highest BCUT2D eigenvalue weighted by Gasteiger charge is 2.55. The first-order valence-corrected chi connectivity index (χ1v) is 9.27. The summed E-state index contributed by atoms with van der Waals surface area (Å²) in [7, 11) is 0. The molecule has 6 aliphatic rings. The van der Waals surface area contributed by atoms with E-state index in [-0.39, 0.29) is 0 Å². The highest BCUT2D eigenvalue weighted by molar-refractivity contribution is 5.29. The second kappa shape index (κ2) is 4.35. The Morgan fingerprint density at radius 2 is 1.45 bits per heavy atom. The molecule has 4 fully saturated rings. The van der Waals surface area contributed by atoms with Crippen molar-refractivity contribution in [2.75, 3.05) is 6.54 Å². The molecule has 1 aliphatic heterocycles. The number of hydrogen-bond acceptors (Lipinski definition) is 1. The van der Waals surface area contributed by atoms with Gasteiger partial charge in [0.2, 0.25) is 0 Å². The first kappa shape index (κ1) is 12.3. The molecule has 110 valence electrons. The lowest BCUT2D eigenvalue weighted by atomic mass is 9.46. The zero-order valence-corrected chi connectivity index (χ0v) is 12.8. The Labute approximate surface area is 123 Å². The Morgan fingerprint density at radius 3 is 2.15 bits per heavy atom. The number of hydrogen-bond donors (Lipinski definition) is 1. The van der Waals surface area contributed by atoms with Crippen molar-refractivity contribution in [2.45, 2.75) is 76.7 Å². The van der Waals surface area contributed by atoms with E-state index < -0.39 is 0 Å². The molecule has 0 aromatic heterocycles. The minimum atomic E-state index is 0.688. The maximum atomic E-state index is 4.02. The lowest BCUT2D eigenvalue weighted by molar-refractivity contribution is -0.0687. The monoisotopic (exact) mass is 271 g/mol. The van der Waals surface area contributed by atoms with Crippen LogP contribution in [0.2, 0.25) is 0 Å². The van der Waals surface area contributed by atoms with E-state index in [2.05, 4.69) is 5.32 Å². The van der Waals surface area contributed by atoms with E-state index in [1.165, 1.54) is 38.6 Å². The quantitative estimate of drug-likeness (QED) is 0.695. The summed E-state index contributed by atoms with van der Waals surface area (Å²) < 4.78 is 0. The van der Waals surface area contributed by atoms with Crippen LogP contribution in [0.15, 0.2) is 11.1 Å². The van der Waals surface area contributed by atoms with Crippen LogP contribution in [-0.2, 0) is 0 Å². The van der Waals surface area contributed by atoms with E-state index >= 15 is 0 Å². The smallest absolute Gasteiger partial charge is 0.0339 e. The third-order valence-electron chi connectivity index (χ3n) is 7.45. The van der Waals surface area contributed by atoms with E-state index in [1.54, 1.807) is 38.5 Å². The fraction of sp³-hybridized carbons (Fsp3) is 0.895. The van der Waals surface area contributed by atoms with Gasteiger partial charge in [-0.3, -0.25) is 0 Å². The first-order valence-electron chi connectivity index (χ1n) is 9.27. The molecule has 0 radical (unpaired) electrons. The van der Waals surface area contributed by atoms with Crippen LogP contribution < -0.4 is 5.32 Å². The van der Waals surface area contributed by atoms with Crippen molar-refractivity contribution in [3.63, 3.8) is 0 Å². The molecule has 4 bridgehead atoms. The van der Waals surface area contributed by atoms with Gasteiger partial charge in [-0.25, -0.2) is 0 Å². The largest absolute Gasteiger partial charge is 0.309 e. The molecule has 1 unspecified atom stereocenters. The van der Waals surface area contributed by atoms with Crippen molar-refractivity contribution in [3.8, 4) is 0 Å². The van der Waals surface area contributed by atoms with Crippen LogP contribution in [-0.4, -0.2) is 12.6 Å². The summed E-state index contributed by atoms with van der Waals surface area (Å²) in [6.07, 6.45) is 16.6. The van der Waals surface area contributed by atoms with E-state index in [4.69, 9.17) is 0 Å². The number of nitrogens with one attached hydrogen (secondary N) is 1. The van der Waals surface area contributed by atoms with Crippen LogP contribution in [0.25, 0.3) is 0 Å². The van der Waals surface area contributed by atoms with Crippen LogP contribution in [0.4, 0.5) is 0 Å². The molecule has 0 saturated heterocycles. The number of rotatable bonds is 1. The predicted molar refractivity (Wildman–Crippen MR) is 82.5 cm³/mol. The Kier molecular flexibility index (Phi) is 2.67. The van der Waals surface area contributed by atoms with Gasteiger partial charge < -0.3 is 5.32 Å². The van der Waals surface area contributed by atoms with Crippen LogP contribution in [0.5, 0.6) is 0 Å². The minimum Gasteiger partial charge on any atom is -0.309 e. The summed E-state index contributed by atoms with van der Waals surface area (Å²) in [5.74, 6) is 3.29. The molecule has 0 amide bonds. The zero-order valence-electron chi connectivity index (χ0n) is 12.8. The predicted octanol–water partition coefficient (Wildman–Crippen LogP) is 4.44. The molecular formula is C19H29N. The third kappa shape index (κ3) is 1.71. The van der Waals surface area contributed by atoms with Gasteiger partial charge in [0.25, 0.3) is 0 Å². The highest BCUT2D eigenvalue weighted by atomic mass is 15.0. The van der Waals surface area contributed by atoms with Crippen molar-refractivity contribution >= 4 is 0 Å². The van der Waals surface area contributed by atoms with Gasteiger partial charge >= 0.3 is 0 Å². The fourth-order valence-corrected chi connectivity index (χ4v) is 7.23. The summed E-state index contributed by atoms with van der Waals surface area (Å²) in [4.78, 5) is 0. The lowest BCUT2D eigenvalue weighted by Gasteiger charge is -2.61. The van der Waals surface area contributed by atoms with Crippen molar-refractivity contribution in [1.82, 2.24) is 5.32 Å². The summed E-state index contributed by atoms with van der Waals surface area (Å²) >= 11 is 0. The van der Waals surface area contributed by atoms with Gasteiger partial charge in [0.15, 0.2) is 0 Å². The molecule has 1 N–H and O–H groups in total. The van der Waals surface area contributed by atoms with E-state index in [0.717, 1.165) is 23.8 Å². The molecule has 0 aromatic rings. The van der Waals surface area contributed by atoms with Gasteiger partial charge in [-0.1, -0.05) is 11.1 Å². The average molecular weight is 271 g/mol. The lowest BCUT2D eigenvalue weighted by Crippen LogP contribution is -2.58. The molecule has 1 nitrogen and oxygen atoms in total. The molecule has 4 saturated carbocycles. The summed E-state index contributed by atoms with van der Waals surface area (Å²) in [6, 6.07) is 0.792. The van der Waals surface area contributed by atoms with Crippen LogP contribution in [0.3, 0.4) is 0 Å². The Hall–Kier alpha value is -0.300. The maximum Gasteiger partial charge on any atom is 0.0339 e. The molecule has 0 aromatic carbocycles. The minimum absolute atomic E-state index is 0.688. The normalized spacial score (nSPS) is 50.4. The standard InChI is InChI=1S/C19H29N/c1-2-4-17-16(3-1)5-6-20-18(17)19-10-13-7-14(11-19)9-15(8-13)12-19/h13-15,18,20H,1-12H2. The van der Waals surface area contributed by atoms with Gasteiger partial charge in [0.1, 0.15) is 0 Å². The summed E-state index contributed by atoms with van der Waals surface area (Å²) in [6.45, 7) is 1.27. The van der Waals surface area contributed by atoms with Crippen molar-refractivity contribution in [1.29, 1.82) is 0 Å². The first-order chi connectivity index (χ1) is 9.82. The second-order valence-electron chi connectivity index (χ2n) is 8.75. The van der Waals surface area contributed by atoms with Crippen LogP contribution in [0.1, 0.15) is 70.6 Å². The van der Waals surface area contributed by atoms with E-state index in [0.29, 0.717) is 5.41 Å². The van der Waals surface area contributed by atoms with Crippen molar-refractivity contribution in [2.24, 2.45) is 23.2 Å². The van der Waals surface area contributed by atoms with Crippen molar-refractivity contribution < 1.29 is 0 Å². The highest BCUT2D eigenvalue weighted by Crippen LogP contribution is 2.62. The summed E-state index contributed by atoms with van der Waals surface area (Å²) in [5.41, 5.74) is 4.48. The molecule has 0 spiro atoms. The molecule has 20 heavy (non-hydrogen) atoms. The molecule has 1 heteroatoms. The second-order valence-corrected chi connectivity index (χ2v) is 8.75. The fourth-order valence-electron chi connectivity index (χ4n) is 7.23. The van der Waals surface area contributed by atoms with Gasteiger partial charge in [-0.15, -0.1) is 0 Å². The Balaban J connectivity index is 1.52. The average Bonchev–Trinajstić information content (AvgIpc) is 2.45. The van der Waals surface area contributed by atoms with Gasteiger partial charge in [0, 0.05) is 6.04 Å². The Bertz CT molecular complexity index is 407. The Morgan fingerprint density at radius 1 is 0.800 bits per heavy atom. The SMILES string of the molecule is C1CCC2=C(C1)CCNC2C12CC3CC(CC(C3)C1)C2. The van der Waals surface area contributed by atoms with Crippen LogP contribution >= 0.6 is 0 Å². The molecule has 5 aliphatic carbocycles. The zero-order chi connectivity index (χ0) is 13.2.